The van der Waals surface area contributed by atoms with Crippen LogP contribution < -0.4 is 4.74 Å². The molecule has 106 valence electrons. The molecule has 0 aliphatic carbocycles. The summed E-state index contributed by atoms with van der Waals surface area (Å²) in [5.74, 6) is -1.61. The first kappa shape index (κ1) is 14.5. The Labute approximate surface area is 118 Å². The summed E-state index contributed by atoms with van der Waals surface area (Å²) in [6.07, 6.45) is 0. The molecule has 0 radical (unpaired) electrons. The van der Waals surface area contributed by atoms with Gasteiger partial charge in [0, 0.05) is 5.38 Å². The molecule has 0 bridgehead atoms. The van der Waals surface area contributed by atoms with E-state index in [0.29, 0.717) is 16.9 Å². The number of aryl methyl sites for hydroxylation is 2. The number of ether oxygens (including phenoxy) is 2. The van der Waals surface area contributed by atoms with Crippen LogP contribution in [0.5, 0.6) is 11.5 Å². The van der Waals surface area contributed by atoms with E-state index in [-0.39, 0.29) is 16.4 Å². The Balaban J connectivity index is 2.36. The summed E-state index contributed by atoms with van der Waals surface area (Å²) in [7, 11) is 1.18. The standard InChI is InChI=1S/C14H12F2O3S/c1-7-4-9(15)5-8(2)12(7)19-10-6-20-13(11(10)16)14(17)18-3/h4-6H,1-3H3. The number of methoxy groups -OCH3 is 1. The van der Waals surface area contributed by atoms with Crippen LogP contribution in [0.15, 0.2) is 17.5 Å². The summed E-state index contributed by atoms with van der Waals surface area (Å²) in [5, 5.41) is 1.38. The van der Waals surface area contributed by atoms with E-state index in [1.807, 2.05) is 0 Å². The molecule has 6 heteroatoms. The zero-order valence-corrected chi connectivity index (χ0v) is 11.9. The van der Waals surface area contributed by atoms with Gasteiger partial charge in [0.25, 0.3) is 0 Å². The maximum atomic E-state index is 14.0. The van der Waals surface area contributed by atoms with Crippen LogP contribution in [0.25, 0.3) is 0 Å². The number of benzene rings is 1. The fraction of sp³-hybridized carbons (Fsp3) is 0.214. The van der Waals surface area contributed by atoms with Crippen LogP contribution in [0.4, 0.5) is 8.78 Å². The van der Waals surface area contributed by atoms with Crippen molar-refractivity contribution in [1.82, 2.24) is 0 Å². The number of thiophene rings is 1. The molecule has 0 fully saturated rings. The summed E-state index contributed by atoms with van der Waals surface area (Å²) in [5.41, 5.74) is 1.10. The van der Waals surface area contributed by atoms with Crippen molar-refractivity contribution in [3.63, 3.8) is 0 Å². The van der Waals surface area contributed by atoms with E-state index in [0.717, 1.165) is 11.3 Å². The first-order chi connectivity index (χ1) is 9.43. The van der Waals surface area contributed by atoms with Gasteiger partial charge in [0.2, 0.25) is 0 Å². The Hall–Kier alpha value is -1.95. The molecule has 20 heavy (non-hydrogen) atoms. The van der Waals surface area contributed by atoms with Gasteiger partial charge in [-0.2, -0.15) is 0 Å². The molecule has 0 saturated carbocycles. The van der Waals surface area contributed by atoms with E-state index in [9.17, 15) is 13.6 Å². The maximum absolute atomic E-state index is 14.0. The van der Waals surface area contributed by atoms with Crippen molar-refractivity contribution in [2.24, 2.45) is 0 Å². The predicted octanol–water partition coefficient (Wildman–Crippen LogP) is 4.22. The van der Waals surface area contributed by atoms with Gasteiger partial charge in [0.15, 0.2) is 16.4 Å². The molecule has 0 spiro atoms. The molecule has 0 aliphatic rings. The first-order valence-corrected chi connectivity index (χ1v) is 6.62. The van der Waals surface area contributed by atoms with Crippen LogP contribution >= 0.6 is 11.3 Å². The lowest BCUT2D eigenvalue weighted by Gasteiger charge is -2.10. The van der Waals surface area contributed by atoms with Crippen molar-refractivity contribution in [3.05, 3.63) is 45.2 Å². The topological polar surface area (TPSA) is 35.5 Å². The van der Waals surface area contributed by atoms with Gasteiger partial charge in [-0.05, 0) is 37.1 Å². The van der Waals surface area contributed by atoms with Gasteiger partial charge in [-0.15, -0.1) is 11.3 Å². The Morgan fingerprint density at radius 1 is 1.20 bits per heavy atom. The van der Waals surface area contributed by atoms with Gasteiger partial charge >= 0.3 is 5.97 Å². The molecule has 0 unspecified atom stereocenters. The van der Waals surface area contributed by atoms with Crippen molar-refractivity contribution in [2.75, 3.05) is 7.11 Å². The van der Waals surface area contributed by atoms with Gasteiger partial charge in [-0.1, -0.05) is 0 Å². The molecule has 0 atom stereocenters. The van der Waals surface area contributed by atoms with Crippen LogP contribution in [0, 0.1) is 25.5 Å². The largest absolute Gasteiger partial charge is 0.465 e. The van der Waals surface area contributed by atoms with Crippen LogP contribution in [-0.4, -0.2) is 13.1 Å². The minimum Gasteiger partial charge on any atom is -0.465 e. The molecule has 0 amide bonds. The van der Waals surface area contributed by atoms with Crippen molar-refractivity contribution < 1.29 is 23.0 Å². The third-order valence-corrected chi connectivity index (χ3v) is 3.62. The smallest absolute Gasteiger partial charge is 0.351 e. The monoisotopic (exact) mass is 298 g/mol. The second-order valence-corrected chi connectivity index (χ2v) is 5.09. The molecule has 1 aromatic heterocycles. The van der Waals surface area contributed by atoms with Gasteiger partial charge < -0.3 is 9.47 Å². The van der Waals surface area contributed by atoms with E-state index in [2.05, 4.69) is 4.74 Å². The number of halogens is 2. The third kappa shape index (κ3) is 2.65. The van der Waals surface area contributed by atoms with Gasteiger partial charge in [0.1, 0.15) is 11.6 Å². The van der Waals surface area contributed by atoms with Gasteiger partial charge in [-0.25, -0.2) is 13.6 Å². The molecule has 0 saturated heterocycles. The van der Waals surface area contributed by atoms with Gasteiger partial charge in [-0.3, -0.25) is 0 Å². The lowest BCUT2D eigenvalue weighted by atomic mass is 10.1. The van der Waals surface area contributed by atoms with E-state index >= 15 is 0 Å². The average Bonchev–Trinajstić information content (AvgIpc) is 2.74. The maximum Gasteiger partial charge on any atom is 0.351 e. The highest BCUT2D eigenvalue weighted by Crippen LogP contribution is 2.35. The van der Waals surface area contributed by atoms with Crippen LogP contribution in [0.1, 0.15) is 20.8 Å². The number of hydrogen-bond donors (Lipinski definition) is 0. The molecule has 3 nitrogen and oxygen atoms in total. The highest BCUT2D eigenvalue weighted by Gasteiger charge is 2.21. The highest BCUT2D eigenvalue weighted by molar-refractivity contribution is 7.12. The highest BCUT2D eigenvalue weighted by atomic mass is 32.1. The normalized spacial score (nSPS) is 10.4. The van der Waals surface area contributed by atoms with Crippen molar-refractivity contribution in [1.29, 1.82) is 0 Å². The number of carbonyl (C=O) groups excluding carboxylic acids is 1. The quantitative estimate of drug-likeness (QED) is 0.796. The zero-order valence-electron chi connectivity index (χ0n) is 11.1. The third-order valence-electron chi connectivity index (χ3n) is 2.71. The predicted molar refractivity (Wildman–Crippen MR) is 71.6 cm³/mol. The summed E-state index contributed by atoms with van der Waals surface area (Å²) >= 11 is 0.894. The fourth-order valence-electron chi connectivity index (χ4n) is 1.80. The lowest BCUT2D eigenvalue weighted by molar-refractivity contribution is 0.0601. The minimum absolute atomic E-state index is 0.0757. The molecule has 1 heterocycles. The second kappa shape index (κ2) is 5.58. The summed E-state index contributed by atoms with van der Waals surface area (Å²) < 4.78 is 37.1. The van der Waals surface area contributed by atoms with Crippen LogP contribution in [0.3, 0.4) is 0 Å². The van der Waals surface area contributed by atoms with Gasteiger partial charge in [0.05, 0.1) is 7.11 Å². The Morgan fingerprint density at radius 2 is 1.80 bits per heavy atom. The molecule has 2 aromatic rings. The zero-order chi connectivity index (χ0) is 14.9. The molecule has 1 aromatic carbocycles. The minimum atomic E-state index is -0.773. The first-order valence-electron chi connectivity index (χ1n) is 5.74. The van der Waals surface area contributed by atoms with Crippen LogP contribution in [-0.2, 0) is 4.74 Å². The Morgan fingerprint density at radius 3 is 2.35 bits per heavy atom. The Bertz CT molecular complexity index is 641. The second-order valence-electron chi connectivity index (χ2n) is 4.21. The summed E-state index contributed by atoms with van der Waals surface area (Å²) in [6.45, 7) is 3.33. The molecular formula is C14H12F2O3S. The number of rotatable bonds is 3. The van der Waals surface area contributed by atoms with Crippen molar-refractivity contribution in [2.45, 2.75) is 13.8 Å². The summed E-state index contributed by atoms with van der Waals surface area (Å²) in [6, 6.07) is 2.60. The van der Waals surface area contributed by atoms with Crippen molar-refractivity contribution >= 4 is 17.3 Å². The fourth-order valence-corrected chi connectivity index (χ4v) is 2.56. The van der Waals surface area contributed by atoms with Crippen LogP contribution in [0.2, 0.25) is 0 Å². The number of esters is 1. The van der Waals surface area contributed by atoms with E-state index in [4.69, 9.17) is 4.74 Å². The summed E-state index contributed by atoms with van der Waals surface area (Å²) in [4.78, 5) is 11.2. The average molecular weight is 298 g/mol. The lowest BCUT2D eigenvalue weighted by Crippen LogP contribution is -2.01. The van der Waals surface area contributed by atoms with Crippen molar-refractivity contribution in [3.8, 4) is 11.5 Å². The molecule has 0 N–H and O–H groups in total. The Kier molecular flexibility index (Phi) is 4.04. The molecular weight excluding hydrogens is 286 g/mol. The van der Waals surface area contributed by atoms with E-state index < -0.39 is 11.8 Å². The number of carbonyl (C=O) groups is 1. The van der Waals surface area contributed by atoms with E-state index in [1.54, 1.807) is 13.8 Å². The number of hydrogen-bond acceptors (Lipinski definition) is 4. The molecule has 2 rings (SSSR count). The molecule has 0 aliphatic heterocycles. The van der Waals surface area contributed by atoms with E-state index in [1.165, 1.54) is 24.6 Å². The SMILES string of the molecule is COC(=O)c1scc(Oc2c(C)cc(F)cc2C)c1F.